The minimum Gasteiger partial charge on any atom is -0.337 e. The molecule has 3 nitrogen and oxygen atoms in total. The normalized spacial score (nSPS) is 11.9. The molecule has 0 saturated heterocycles. The number of rotatable bonds is 3. The van der Waals surface area contributed by atoms with Gasteiger partial charge in [-0.1, -0.05) is 0 Å². The Balaban J connectivity index is 2.35. The van der Waals surface area contributed by atoms with E-state index in [9.17, 15) is 0 Å². The molecule has 3 heteroatoms. The second kappa shape index (κ2) is 3.05. The first-order valence-electron chi connectivity index (χ1n) is 3.82. The van der Waals surface area contributed by atoms with E-state index in [1.165, 1.54) is 0 Å². The summed E-state index contributed by atoms with van der Waals surface area (Å²) in [6, 6.07) is 0. The van der Waals surface area contributed by atoms with Crippen LogP contribution in [0.4, 0.5) is 0 Å². The molecule has 0 amide bonds. The number of nitrogens with zero attached hydrogens (tertiary/aromatic N) is 2. The van der Waals surface area contributed by atoms with Crippen molar-refractivity contribution in [3.8, 4) is 0 Å². The second-order valence-electron chi connectivity index (χ2n) is 3.54. The molecule has 0 aliphatic rings. The Bertz CT molecular complexity index is 196. The highest BCUT2D eigenvalue weighted by Crippen LogP contribution is 2.04. The van der Waals surface area contributed by atoms with Gasteiger partial charge in [0.15, 0.2) is 0 Å². The van der Waals surface area contributed by atoms with E-state index >= 15 is 0 Å². The van der Waals surface area contributed by atoms with Gasteiger partial charge in [-0.2, -0.15) is 0 Å². The van der Waals surface area contributed by atoms with Crippen LogP contribution >= 0.6 is 0 Å². The fraction of sp³-hybridized carbons (Fsp3) is 0.625. The first-order chi connectivity index (χ1) is 5.08. The molecular weight excluding hydrogens is 138 g/mol. The SMILES string of the molecule is CC(C)(N)CCn1ccnc1. The highest BCUT2D eigenvalue weighted by atomic mass is 15.0. The van der Waals surface area contributed by atoms with Gasteiger partial charge in [-0.3, -0.25) is 0 Å². The summed E-state index contributed by atoms with van der Waals surface area (Å²) < 4.78 is 2.04. The Morgan fingerprint density at radius 3 is 2.73 bits per heavy atom. The minimum absolute atomic E-state index is 0.0791. The van der Waals surface area contributed by atoms with Crippen molar-refractivity contribution in [3.05, 3.63) is 18.7 Å². The first kappa shape index (κ1) is 8.27. The number of imidazole rings is 1. The predicted octanol–water partition coefficient (Wildman–Crippen LogP) is 1.01. The Morgan fingerprint density at radius 1 is 1.55 bits per heavy atom. The number of hydrogen-bond donors (Lipinski definition) is 1. The van der Waals surface area contributed by atoms with Gasteiger partial charge in [0.2, 0.25) is 0 Å². The molecule has 1 aromatic heterocycles. The van der Waals surface area contributed by atoms with Gasteiger partial charge >= 0.3 is 0 Å². The summed E-state index contributed by atoms with van der Waals surface area (Å²) in [5.41, 5.74) is 5.74. The van der Waals surface area contributed by atoms with E-state index in [-0.39, 0.29) is 5.54 Å². The lowest BCUT2D eigenvalue weighted by molar-refractivity contribution is 0.436. The summed E-state index contributed by atoms with van der Waals surface area (Å²) in [6.45, 7) is 5.01. The van der Waals surface area contributed by atoms with Crippen molar-refractivity contribution in [2.75, 3.05) is 0 Å². The maximum atomic E-state index is 5.82. The van der Waals surface area contributed by atoms with Gasteiger partial charge in [0.1, 0.15) is 0 Å². The van der Waals surface area contributed by atoms with E-state index in [0.717, 1.165) is 13.0 Å². The molecule has 0 unspecified atom stereocenters. The van der Waals surface area contributed by atoms with Crippen molar-refractivity contribution in [2.45, 2.75) is 32.4 Å². The van der Waals surface area contributed by atoms with Gasteiger partial charge in [-0.05, 0) is 20.3 Å². The van der Waals surface area contributed by atoms with Crippen LogP contribution in [0.3, 0.4) is 0 Å². The summed E-state index contributed by atoms with van der Waals surface area (Å²) in [5, 5.41) is 0. The van der Waals surface area contributed by atoms with Crippen LogP contribution in [0.1, 0.15) is 20.3 Å². The Labute approximate surface area is 67.2 Å². The fourth-order valence-electron chi connectivity index (χ4n) is 0.836. The van der Waals surface area contributed by atoms with Crippen LogP contribution in [0.5, 0.6) is 0 Å². The third-order valence-corrected chi connectivity index (χ3v) is 1.57. The third-order valence-electron chi connectivity index (χ3n) is 1.57. The fourth-order valence-corrected chi connectivity index (χ4v) is 0.836. The number of aromatic nitrogens is 2. The minimum atomic E-state index is -0.0791. The number of aryl methyl sites for hydroxylation is 1. The summed E-state index contributed by atoms with van der Waals surface area (Å²) in [6.07, 6.45) is 6.52. The maximum Gasteiger partial charge on any atom is 0.0945 e. The van der Waals surface area contributed by atoms with Crippen LogP contribution in [0, 0.1) is 0 Å². The van der Waals surface area contributed by atoms with Gasteiger partial charge in [0.05, 0.1) is 6.33 Å². The van der Waals surface area contributed by atoms with E-state index in [1.54, 1.807) is 6.20 Å². The molecule has 0 radical (unpaired) electrons. The summed E-state index contributed by atoms with van der Waals surface area (Å²) in [7, 11) is 0. The Morgan fingerprint density at radius 2 is 2.27 bits per heavy atom. The molecule has 11 heavy (non-hydrogen) atoms. The van der Waals surface area contributed by atoms with Gasteiger partial charge < -0.3 is 10.3 Å². The number of nitrogens with two attached hydrogens (primary N) is 1. The van der Waals surface area contributed by atoms with Gasteiger partial charge in [-0.25, -0.2) is 4.98 Å². The summed E-state index contributed by atoms with van der Waals surface area (Å²) in [4.78, 5) is 3.94. The summed E-state index contributed by atoms with van der Waals surface area (Å²) >= 11 is 0. The molecule has 0 bridgehead atoms. The Hall–Kier alpha value is -0.830. The zero-order chi connectivity index (χ0) is 8.32. The highest BCUT2D eigenvalue weighted by molar-refractivity contribution is 4.77. The maximum absolute atomic E-state index is 5.82. The lowest BCUT2D eigenvalue weighted by atomic mass is 10.0. The zero-order valence-electron chi connectivity index (χ0n) is 7.12. The molecule has 0 fully saturated rings. The van der Waals surface area contributed by atoms with Gasteiger partial charge in [0.25, 0.3) is 0 Å². The van der Waals surface area contributed by atoms with Crippen LogP contribution in [0.25, 0.3) is 0 Å². The van der Waals surface area contributed by atoms with Crippen molar-refractivity contribution >= 4 is 0 Å². The van der Waals surface area contributed by atoms with Gasteiger partial charge in [-0.15, -0.1) is 0 Å². The monoisotopic (exact) mass is 153 g/mol. The highest BCUT2D eigenvalue weighted by Gasteiger charge is 2.09. The molecule has 1 heterocycles. The van der Waals surface area contributed by atoms with E-state index in [4.69, 9.17) is 5.73 Å². The van der Waals surface area contributed by atoms with E-state index < -0.39 is 0 Å². The van der Waals surface area contributed by atoms with Crippen LogP contribution < -0.4 is 5.73 Å². The quantitative estimate of drug-likeness (QED) is 0.704. The molecule has 0 atom stereocenters. The molecule has 62 valence electrons. The molecule has 0 aliphatic heterocycles. The molecule has 1 rings (SSSR count). The van der Waals surface area contributed by atoms with Crippen molar-refractivity contribution in [1.82, 2.24) is 9.55 Å². The van der Waals surface area contributed by atoms with Crippen molar-refractivity contribution < 1.29 is 0 Å². The molecule has 0 aliphatic carbocycles. The Kier molecular flexibility index (Phi) is 2.29. The van der Waals surface area contributed by atoms with Crippen LogP contribution in [-0.4, -0.2) is 15.1 Å². The molecular formula is C8H15N3. The van der Waals surface area contributed by atoms with Crippen molar-refractivity contribution in [1.29, 1.82) is 0 Å². The van der Waals surface area contributed by atoms with E-state index in [2.05, 4.69) is 4.98 Å². The molecule has 1 aromatic rings. The van der Waals surface area contributed by atoms with Crippen molar-refractivity contribution in [3.63, 3.8) is 0 Å². The topological polar surface area (TPSA) is 43.8 Å². The largest absolute Gasteiger partial charge is 0.337 e. The smallest absolute Gasteiger partial charge is 0.0945 e. The second-order valence-corrected chi connectivity index (χ2v) is 3.54. The predicted molar refractivity (Wildman–Crippen MR) is 45.1 cm³/mol. The zero-order valence-corrected chi connectivity index (χ0v) is 7.12. The van der Waals surface area contributed by atoms with Crippen LogP contribution in [-0.2, 0) is 6.54 Å². The molecule has 0 aromatic carbocycles. The average Bonchev–Trinajstić information content (AvgIpc) is 2.32. The van der Waals surface area contributed by atoms with E-state index in [1.807, 2.05) is 30.9 Å². The molecule has 0 saturated carbocycles. The van der Waals surface area contributed by atoms with E-state index in [0.29, 0.717) is 0 Å². The van der Waals surface area contributed by atoms with Crippen molar-refractivity contribution in [2.24, 2.45) is 5.73 Å². The van der Waals surface area contributed by atoms with Crippen LogP contribution in [0.15, 0.2) is 18.7 Å². The third kappa shape index (κ3) is 3.18. The molecule has 2 N–H and O–H groups in total. The lowest BCUT2D eigenvalue weighted by Gasteiger charge is -2.17. The number of hydrogen-bond acceptors (Lipinski definition) is 2. The average molecular weight is 153 g/mol. The van der Waals surface area contributed by atoms with Crippen LogP contribution in [0.2, 0.25) is 0 Å². The first-order valence-corrected chi connectivity index (χ1v) is 3.82. The van der Waals surface area contributed by atoms with Gasteiger partial charge in [0, 0.05) is 24.5 Å². The standard InChI is InChI=1S/C8H15N3/c1-8(2,9)3-5-11-6-4-10-7-11/h4,6-7H,3,5,9H2,1-2H3. The summed E-state index contributed by atoms with van der Waals surface area (Å²) in [5.74, 6) is 0. The lowest BCUT2D eigenvalue weighted by Crippen LogP contribution is -2.32. The molecule has 0 spiro atoms.